The molecule has 0 bridgehead atoms. The van der Waals surface area contributed by atoms with Gasteiger partial charge in [-0.15, -0.1) is 49.6 Å². The van der Waals surface area contributed by atoms with Gasteiger partial charge in [0.05, 0.1) is 0 Å². The predicted molar refractivity (Wildman–Crippen MR) is 86.4 cm³/mol. The molecule has 0 N–H and O–H groups in total. The first kappa shape index (κ1) is 30.1. The van der Waals surface area contributed by atoms with Gasteiger partial charge in [-0.1, -0.05) is 25.8 Å². The molecule has 0 aromatic carbocycles. The quantitative estimate of drug-likeness (QED) is 0.611. The summed E-state index contributed by atoms with van der Waals surface area (Å²) in [4.78, 5) is 4.25. The second kappa shape index (κ2) is 21.2. The van der Waals surface area contributed by atoms with Crippen LogP contribution in [0.2, 0.25) is 0 Å². The van der Waals surface area contributed by atoms with E-state index < -0.39 is 0 Å². The highest BCUT2D eigenvalue weighted by Gasteiger charge is 1.90. The third-order valence-corrected chi connectivity index (χ3v) is 1.76. The number of rotatable bonds is 4. The Labute approximate surface area is 134 Å². The SMILES string of the molecule is CCCCCc1ccccn1.Cl.Cl.Cl.Cl.[AlH3]. The Balaban J connectivity index is -0.0000000807. The van der Waals surface area contributed by atoms with Crippen LogP contribution in [0, 0.1) is 0 Å². The zero-order valence-corrected chi connectivity index (χ0v) is 12.0. The van der Waals surface area contributed by atoms with Gasteiger partial charge in [0.2, 0.25) is 0 Å². The number of pyridine rings is 1. The van der Waals surface area contributed by atoms with Gasteiger partial charge in [0.1, 0.15) is 0 Å². The molecule has 1 rings (SSSR count). The Kier molecular flexibility index (Phi) is 39.9. The fraction of sp³-hybridized carbons (Fsp3) is 0.500. The predicted octanol–water partition coefficient (Wildman–Crippen LogP) is 3.32. The van der Waals surface area contributed by atoms with Gasteiger partial charge in [0.25, 0.3) is 0 Å². The van der Waals surface area contributed by atoms with Crippen molar-refractivity contribution in [2.75, 3.05) is 0 Å². The average Bonchev–Trinajstić information content (AvgIpc) is 2.07. The molecule has 16 heavy (non-hydrogen) atoms. The maximum absolute atomic E-state index is 4.25. The van der Waals surface area contributed by atoms with E-state index >= 15 is 0 Å². The van der Waals surface area contributed by atoms with Gasteiger partial charge in [0.15, 0.2) is 17.4 Å². The second-order valence-electron chi connectivity index (χ2n) is 2.78. The molecule has 0 radical (unpaired) electrons. The molecule has 1 aromatic rings. The monoisotopic (exact) mass is 323 g/mol. The lowest BCUT2D eigenvalue weighted by Crippen LogP contribution is -1.87. The lowest BCUT2D eigenvalue weighted by atomic mass is 10.1. The first-order valence-electron chi connectivity index (χ1n) is 4.33. The third-order valence-electron chi connectivity index (χ3n) is 1.76. The van der Waals surface area contributed by atoms with Crippen molar-refractivity contribution in [1.82, 2.24) is 4.98 Å². The van der Waals surface area contributed by atoms with Crippen LogP contribution in [0.5, 0.6) is 0 Å². The molecule has 0 saturated heterocycles. The van der Waals surface area contributed by atoms with E-state index in [9.17, 15) is 0 Å². The average molecular weight is 325 g/mol. The molecule has 0 unspecified atom stereocenters. The summed E-state index contributed by atoms with van der Waals surface area (Å²) in [6, 6.07) is 6.10. The van der Waals surface area contributed by atoms with Gasteiger partial charge in [-0.2, -0.15) is 0 Å². The van der Waals surface area contributed by atoms with Crippen LogP contribution in [0.4, 0.5) is 0 Å². The van der Waals surface area contributed by atoms with Gasteiger partial charge in [-0.25, -0.2) is 0 Å². The first-order chi connectivity index (χ1) is 5.43. The number of nitrogens with zero attached hydrogens (tertiary/aromatic N) is 1. The molecular weight excluding hydrogens is 303 g/mol. The summed E-state index contributed by atoms with van der Waals surface area (Å²) in [7, 11) is 0. The molecule has 0 fully saturated rings. The molecule has 98 valence electrons. The summed E-state index contributed by atoms with van der Waals surface area (Å²) >= 11 is 0. The van der Waals surface area contributed by atoms with Crippen LogP contribution in [-0.4, -0.2) is 22.3 Å². The van der Waals surface area contributed by atoms with Crippen molar-refractivity contribution >= 4 is 67.0 Å². The number of unbranched alkanes of at least 4 members (excludes halogenated alkanes) is 2. The summed E-state index contributed by atoms with van der Waals surface area (Å²) in [6.07, 6.45) is 6.87. The Morgan fingerprint density at radius 1 is 1.00 bits per heavy atom. The van der Waals surface area contributed by atoms with Crippen LogP contribution < -0.4 is 0 Å². The molecule has 1 aromatic heterocycles. The number of hydrogen-bond acceptors (Lipinski definition) is 1. The van der Waals surface area contributed by atoms with E-state index in [1.54, 1.807) is 0 Å². The summed E-state index contributed by atoms with van der Waals surface area (Å²) in [5, 5.41) is 0. The summed E-state index contributed by atoms with van der Waals surface area (Å²) in [6.45, 7) is 2.22. The van der Waals surface area contributed by atoms with Gasteiger partial charge in [-0.3, -0.25) is 4.98 Å². The molecular formula is C10H22AlCl4N. The fourth-order valence-electron chi connectivity index (χ4n) is 1.10. The highest BCUT2D eigenvalue weighted by Crippen LogP contribution is 2.02. The van der Waals surface area contributed by atoms with Crippen LogP contribution in [0.3, 0.4) is 0 Å². The van der Waals surface area contributed by atoms with E-state index in [4.69, 9.17) is 0 Å². The topological polar surface area (TPSA) is 12.9 Å². The van der Waals surface area contributed by atoms with Crippen molar-refractivity contribution < 1.29 is 0 Å². The van der Waals surface area contributed by atoms with E-state index in [2.05, 4.69) is 18.0 Å². The molecule has 6 heteroatoms. The first-order valence-corrected chi connectivity index (χ1v) is 4.33. The van der Waals surface area contributed by atoms with Gasteiger partial charge < -0.3 is 0 Å². The minimum Gasteiger partial charge on any atom is -0.261 e. The van der Waals surface area contributed by atoms with E-state index in [0.717, 1.165) is 6.42 Å². The summed E-state index contributed by atoms with van der Waals surface area (Å²) in [5.41, 5.74) is 1.22. The van der Waals surface area contributed by atoms with Crippen LogP contribution in [0.25, 0.3) is 0 Å². The number of aromatic nitrogens is 1. The lowest BCUT2D eigenvalue weighted by Gasteiger charge is -1.97. The van der Waals surface area contributed by atoms with E-state index in [0.29, 0.717) is 0 Å². The minimum absolute atomic E-state index is 0. The minimum atomic E-state index is 0. The molecule has 1 heterocycles. The van der Waals surface area contributed by atoms with Crippen molar-refractivity contribution in [2.45, 2.75) is 32.6 Å². The molecule has 0 spiro atoms. The van der Waals surface area contributed by atoms with E-state index in [1.165, 1.54) is 25.0 Å². The van der Waals surface area contributed by atoms with Crippen molar-refractivity contribution in [1.29, 1.82) is 0 Å². The zero-order valence-electron chi connectivity index (χ0n) is 8.72. The zero-order chi connectivity index (χ0) is 7.94. The summed E-state index contributed by atoms with van der Waals surface area (Å²) in [5.74, 6) is 0. The van der Waals surface area contributed by atoms with Crippen molar-refractivity contribution in [2.24, 2.45) is 0 Å². The molecule has 0 aliphatic rings. The molecule has 0 amide bonds. The normalized spacial score (nSPS) is 6.81. The molecule has 1 nitrogen and oxygen atoms in total. The Morgan fingerprint density at radius 3 is 2.06 bits per heavy atom. The molecule has 0 atom stereocenters. The summed E-state index contributed by atoms with van der Waals surface area (Å²) < 4.78 is 0. The van der Waals surface area contributed by atoms with Crippen molar-refractivity contribution in [3.05, 3.63) is 30.1 Å². The second-order valence-corrected chi connectivity index (χ2v) is 2.78. The van der Waals surface area contributed by atoms with Crippen LogP contribution >= 0.6 is 49.6 Å². The van der Waals surface area contributed by atoms with Crippen molar-refractivity contribution in [3.63, 3.8) is 0 Å². The van der Waals surface area contributed by atoms with Crippen LogP contribution in [-0.2, 0) is 6.42 Å². The van der Waals surface area contributed by atoms with Crippen LogP contribution in [0.1, 0.15) is 31.9 Å². The fourth-order valence-corrected chi connectivity index (χ4v) is 1.10. The van der Waals surface area contributed by atoms with Gasteiger partial charge in [0, 0.05) is 11.9 Å². The van der Waals surface area contributed by atoms with Crippen LogP contribution in [0.15, 0.2) is 24.4 Å². The Hall–Kier alpha value is 0.842. The molecule has 0 aliphatic heterocycles. The Bertz CT molecular complexity index is 199. The third kappa shape index (κ3) is 14.8. The maximum Gasteiger partial charge on any atom is 0.187 e. The number of hydrogen-bond donors (Lipinski definition) is 0. The van der Waals surface area contributed by atoms with Crippen molar-refractivity contribution in [3.8, 4) is 0 Å². The number of halogens is 4. The number of aryl methyl sites for hydroxylation is 1. The highest BCUT2D eigenvalue weighted by molar-refractivity contribution is 5.86. The van der Waals surface area contributed by atoms with Gasteiger partial charge in [-0.05, 0) is 25.0 Å². The smallest absolute Gasteiger partial charge is 0.187 e. The lowest BCUT2D eigenvalue weighted by molar-refractivity contribution is 0.707. The maximum atomic E-state index is 4.25. The van der Waals surface area contributed by atoms with E-state index in [1.807, 2.05) is 18.3 Å². The van der Waals surface area contributed by atoms with Gasteiger partial charge >= 0.3 is 0 Å². The largest absolute Gasteiger partial charge is 0.261 e. The molecule has 0 saturated carbocycles. The molecule has 0 aliphatic carbocycles. The Morgan fingerprint density at radius 2 is 1.62 bits per heavy atom. The standard InChI is InChI=1S/C10H15N.Al.4ClH.3H/c1-2-3-4-7-10-8-5-6-9-11-10;;;;;;;;/h5-6,8-9H,2-4,7H2,1H3;;4*1H;;;. The highest BCUT2D eigenvalue weighted by atomic mass is 35.5. The van der Waals surface area contributed by atoms with E-state index in [-0.39, 0.29) is 67.0 Å².